The van der Waals surface area contributed by atoms with Crippen molar-refractivity contribution in [3.05, 3.63) is 39.3 Å². The molecule has 0 aliphatic heterocycles. The second-order valence-electron chi connectivity index (χ2n) is 3.65. The van der Waals surface area contributed by atoms with Gasteiger partial charge in [-0.15, -0.1) is 0 Å². The third kappa shape index (κ3) is 3.16. The first-order chi connectivity index (χ1) is 8.28. The number of nitrogens with zero attached hydrogens (tertiary/aromatic N) is 2. The van der Waals surface area contributed by atoms with Gasteiger partial charge in [0.2, 0.25) is 9.84 Å². The molecule has 1 aromatic rings. The van der Waals surface area contributed by atoms with Crippen LogP contribution in [-0.4, -0.2) is 27.4 Å². The lowest BCUT2D eigenvalue weighted by atomic mass is 10.4. The highest BCUT2D eigenvalue weighted by atomic mass is 35.5. The van der Waals surface area contributed by atoms with Gasteiger partial charge in [0, 0.05) is 25.3 Å². The van der Waals surface area contributed by atoms with Crippen LogP contribution in [0.3, 0.4) is 0 Å². The van der Waals surface area contributed by atoms with Gasteiger partial charge < -0.3 is 4.90 Å². The van der Waals surface area contributed by atoms with Crippen molar-refractivity contribution in [1.29, 1.82) is 5.26 Å². The van der Waals surface area contributed by atoms with Crippen molar-refractivity contribution in [1.82, 2.24) is 4.90 Å². The highest BCUT2D eigenvalue weighted by Crippen LogP contribution is 2.29. The molecule has 0 spiro atoms. The number of rotatable bonds is 3. The molecule has 0 heterocycles. The Bertz CT molecular complexity index is 631. The lowest BCUT2D eigenvalue weighted by Gasteiger charge is -2.09. The van der Waals surface area contributed by atoms with E-state index in [1.54, 1.807) is 20.2 Å². The zero-order valence-corrected chi connectivity index (χ0v) is 12.0. The van der Waals surface area contributed by atoms with Gasteiger partial charge >= 0.3 is 0 Å². The predicted octanol–water partition coefficient (Wildman–Crippen LogP) is 2.69. The number of nitriles is 1. The summed E-state index contributed by atoms with van der Waals surface area (Å²) < 4.78 is 24.4. The van der Waals surface area contributed by atoms with Crippen LogP contribution in [0.25, 0.3) is 0 Å². The van der Waals surface area contributed by atoms with Crippen LogP contribution in [0.15, 0.2) is 34.2 Å². The molecule has 1 rings (SSSR count). The van der Waals surface area contributed by atoms with Crippen LogP contribution in [0.5, 0.6) is 0 Å². The Labute approximate surface area is 116 Å². The average Bonchev–Trinajstić information content (AvgIpc) is 2.24. The molecular weight excluding hydrogens is 295 g/mol. The van der Waals surface area contributed by atoms with E-state index >= 15 is 0 Å². The van der Waals surface area contributed by atoms with Gasteiger partial charge in [0.1, 0.15) is 6.07 Å². The molecule has 96 valence electrons. The zero-order valence-electron chi connectivity index (χ0n) is 9.68. The van der Waals surface area contributed by atoms with E-state index in [0.717, 1.165) is 0 Å². The largest absolute Gasteiger partial charge is 0.382 e. The summed E-state index contributed by atoms with van der Waals surface area (Å²) in [5, 5.41) is 9.24. The van der Waals surface area contributed by atoms with E-state index in [4.69, 9.17) is 28.5 Å². The van der Waals surface area contributed by atoms with Crippen LogP contribution in [-0.2, 0) is 9.84 Å². The first-order valence-corrected chi connectivity index (χ1v) is 7.01. The van der Waals surface area contributed by atoms with E-state index < -0.39 is 9.84 Å². The summed E-state index contributed by atoms with van der Waals surface area (Å²) in [4.78, 5) is 0.958. The van der Waals surface area contributed by atoms with Gasteiger partial charge in [-0.05, 0) is 18.2 Å². The van der Waals surface area contributed by atoms with Crippen molar-refractivity contribution < 1.29 is 8.42 Å². The highest BCUT2D eigenvalue weighted by molar-refractivity contribution is 7.95. The summed E-state index contributed by atoms with van der Waals surface area (Å²) >= 11 is 11.5. The summed E-state index contributed by atoms with van der Waals surface area (Å²) in [6.45, 7) is 0. The number of sulfone groups is 1. The van der Waals surface area contributed by atoms with Gasteiger partial charge in [-0.25, -0.2) is 8.42 Å². The number of hydrogen-bond donors (Lipinski definition) is 0. The Kier molecular flexibility index (Phi) is 4.63. The minimum Gasteiger partial charge on any atom is -0.382 e. The summed E-state index contributed by atoms with van der Waals surface area (Å²) in [6, 6.07) is 5.66. The number of halogens is 2. The molecule has 4 nitrogen and oxygen atoms in total. The monoisotopic (exact) mass is 304 g/mol. The van der Waals surface area contributed by atoms with E-state index in [2.05, 4.69) is 0 Å². The molecule has 7 heteroatoms. The number of allylic oxidation sites excluding steroid dienone is 1. The quantitative estimate of drug-likeness (QED) is 0.806. The van der Waals surface area contributed by atoms with E-state index in [1.165, 1.54) is 29.3 Å². The summed E-state index contributed by atoms with van der Waals surface area (Å²) in [5.41, 5.74) is 0. The van der Waals surface area contributed by atoms with Gasteiger partial charge in [0.05, 0.1) is 9.92 Å². The van der Waals surface area contributed by atoms with Crippen molar-refractivity contribution in [2.45, 2.75) is 4.90 Å². The molecule has 1 aromatic carbocycles. The molecular formula is C11H10Cl2N2O2S. The molecule has 0 radical (unpaired) electrons. The van der Waals surface area contributed by atoms with Crippen LogP contribution in [0.2, 0.25) is 10.0 Å². The summed E-state index contributed by atoms with van der Waals surface area (Å²) in [6.07, 6.45) is 1.22. The lowest BCUT2D eigenvalue weighted by Crippen LogP contribution is -2.10. The minimum absolute atomic E-state index is 0.0117. The maximum Gasteiger partial charge on any atom is 0.219 e. The molecule has 0 aliphatic rings. The van der Waals surface area contributed by atoms with Gasteiger partial charge in [0.25, 0.3) is 0 Å². The van der Waals surface area contributed by atoms with Gasteiger partial charge in [-0.1, -0.05) is 23.2 Å². The summed E-state index contributed by atoms with van der Waals surface area (Å²) in [5.74, 6) is 0. The Morgan fingerprint density at radius 2 is 2.00 bits per heavy atom. The molecule has 0 fully saturated rings. The van der Waals surface area contributed by atoms with Crippen molar-refractivity contribution in [3.63, 3.8) is 0 Å². The Balaban J connectivity index is 3.43. The van der Waals surface area contributed by atoms with Crippen molar-refractivity contribution in [3.8, 4) is 6.07 Å². The molecule has 0 aromatic heterocycles. The number of benzene rings is 1. The number of hydrogen-bond acceptors (Lipinski definition) is 4. The van der Waals surface area contributed by atoms with Gasteiger partial charge in [-0.2, -0.15) is 5.26 Å². The smallest absolute Gasteiger partial charge is 0.219 e. The molecule has 0 saturated carbocycles. The zero-order chi connectivity index (χ0) is 13.9. The van der Waals surface area contributed by atoms with Crippen LogP contribution < -0.4 is 0 Å². The minimum atomic E-state index is -3.93. The lowest BCUT2D eigenvalue weighted by molar-refractivity contribution is 0.559. The fourth-order valence-corrected chi connectivity index (χ4v) is 3.19. The van der Waals surface area contributed by atoms with E-state index in [0.29, 0.717) is 5.02 Å². The predicted molar refractivity (Wildman–Crippen MR) is 71.0 cm³/mol. The maximum atomic E-state index is 12.2. The van der Waals surface area contributed by atoms with E-state index in [9.17, 15) is 8.42 Å². The second kappa shape index (κ2) is 5.61. The molecule has 0 unspecified atom stereocenters. The fraction of sp³-hybridized carbons (Fsp3) is 0.182. The Morgan fingerprint density at radius 3 is 2.44 bits per heavy atom. The SMILES string of the molecule is CN(C)C=C(C#N)S(=O)(=O)c1ccc(Cl)cc1Cl. The maximum absolute atomic E-state index is 12.2. The van der Waals surface area contributed by atoms with Crippen LogP contribution in [0.4, 0.5) is 0 Å². The fourth-order valence-electron chi connectivity index (χ4n) is 1.20. The second-order valence-corrected chi connectivity index (χ2v) is 6.38. The molecule has 0 saturated heterocycles. The van der Waals surface area contributed by atoms with Crippen LogP contribution >= 0.6 is 23.2 Å². The first kappa shape index (κ1) is 14.8. The Morgan fingerprint density at radius 1 is 1.39 bits per heavy atom. The molecule has 0 atom stereocenters. The van der Waals surface area contributed by atoms with Crippen molar-refractivity contribution in [2.24, 2.45) is 0 Å². The molecule has 18 heavy (non-hydrogen) atoms. The normalized spacial score (nSPS) is 12.1. The molecule has 0 bridgehead atoms. The van der Waals surface area contributed by atoms with Crippen molar-refractivity contribution in [2.75, 3.05) is 14.1 Å². The summed E-state index contributed by atoms with van der Waals surface area (Å²) in [7, 11) is -0.683. The van der Waals surface area contributed by atoms with E-state index in [-0.39, 0.29) is 14.8 Å². The topological polar surface area (TPSA) is 61.2 Å². The Hall–Kier alpha value is -1.22. The van der Waals surface area contributed by atoms with Gasteiger partial charge in [-0.3, -0.25) is 0 Å². The van der Waals surface area contributed by atoms with E-state index in [1.807, 2.05) is 0 Å². The average molecular weight is 305 g/mol. The molecule has 0 amide bonds. The molecule has 0 aliphatic carbocycles. The highest BCUT2D eigenvalue weighted by Gasteiger charge is 2.24. The first-order valence-electron chi connectivity index (χ1n) is 4.77. The van der Waals surface area contributed by atoms with Crippen LogP contribution in [0.1, 0.15) is 0 Å². The third-order valence-electron chi connectivity index (χ3n) is 1.96. The standard InChI is InChI=1S/C11H10Cl2N2O2S/c1-15(2)7-9(6-14)18(16,17)11-4-3-8(12)5-10(11)13/h3-5,7H,1-2H3. The van der Waals surface area contributed by atoms with Crippen LogP contribution in [0, 0.1) is 11.3 Å². The van der Waals surface area contributed by atoms with Crippen molar-refractivity contribution >= 4 is 33.0 Å². The molecule has 0 N–H and O–H groups in total. The third-order valence-corrected chi connectivity index (χ3v) is 4.33. The van der Waals surface area contributed by atoms with Gasteiger partial charge in [0.15, 0.2) is 4.91 Å².